The van der Waals surface area contributed by atoms with E-state index in [9.17, 15) is 43.5 Å². The molecule has 0 aromatic heterocycles. The Hall–Kier alpha value is -5.09. The van der Waals surface area contributed by atoms with Gasteiger partial charge >= 0.3 is 33.6 Å². The molecule has 0 aromatic rings. The summed E-state index contributed by atoms with van der Waals surface area (Å²) in [6.45, 7) is 2.58. The number of carbonyl (C=O) groups excluding carboxylic acids is 3. The molecule has 0 saturated carbocycles. The van der Waals surface area contributed by atoms with Crippen molar-refractivity contribution in [2.24, 2.45) is 0 Å². The molecular weight excluding hydrogens is 1650 g/mol. The van der Waals surface area contributed by atoms with Gasteiger partial charge in [0.2, 0.25) is 0 Å². The molecule has 0 aliphatic rings. The number of carbonyl (C=O) groups is 3. The molecule has 0 amide bonds. The maximum Gasteiger partial charge on any atom is 0.472 e. The monoisotopic (exact) mass is 1840 g/mol. The van der Waals surface area contributed by atoms with Crippen molar-refractivity contribution in [1.82, 2.24) is 0 Å². The van der Waals surface area contributed by atoms with Gasteiger partial charge in [0.1, 0.15) is 25.4 Å². The van der Waals surface area contributed by atoms with Gasteiger partial charge in [0.05, 0.1) is 26.4 Å². The Labute approximate surface area is 790 Å². The van der Waals surface area contributed by atoms with Crippen molar-refractivity contribution in [1.29, 1.82) is 0 Å². The minimum Gasteiger partial charge on any atom is -0.463 e. The maximum atomic E-state index is 13.1. The van der Waals surface area contributed by atoms with E-state index in [0.717, 1.165) is 161 Å². The molecule has 5 atom stereocenters. The Balaban J connectivity index is 4.57. The lowest BCUT2D eigenvalue weighted by molar-refractivity contribution is -0.161. The molecule has 5 unspecified atom stereocenters. The van der Waals surface area contributed by atoms with Gasteiger partial charge < -0.3 is 34.2 Å². The summed E-state index contributed by atoms with van der Waals surface area (Å²) in [5, 5.41) is 20.8. The molecule has 0 spiro atoms. The Morgan fingerprint density at radius 2 is 0.411 bits per heavy atom. The van der Waals surface area contributed by atoms with Crippen molar-refractivity contribution in [3.63, 3.8) is 0 Å². The second-order valence-electron chi connectivity index (χ2n) is 35.0. The molecule has 0 aliphatic heterocycles. The summed E-state index contributed by atoms with van der Waals surface area (Å²) in [7, 11) is -9.82. The molecule has 0 rings (SSSR count). The minimum atomic E-state index is -4.95. The van der Waals surface area contributed by atoms with Crippen LogP contribution in [0.2, 0.25) is 0 Å². The van der Waals surface area contributed by atoms with Crippen LogP contribution >= 0.6 is 15.6 Å². The largest absolute Gasteiger partial charge is 0.472 e. The van der Waals surface area contributed by atoms with Gasteiger partial charge in [-0.1, -0.05) is 448 Å². The maximum absolute atomic E-state index is 13.1. The molecule has 0 saturated heterocycles. The van der Waals surface area contributed by atoms with E-state index in [1.807, 2.05) is 0 Å². The highest BCUT2D eigenvalue weighted by Crippen LogP contribution is 2.45. The van der Waals surface area contributed by atoms with E-state index in [1.54, 1.807) is 0 Å². The van der Waals surface area contributed by atoms with Crippen LogP contribution in [-0.2, 0) is 55.8 Å². The second-order valence-corrected chi connectivity index (χ2v) is 37.9. The standard InChI is InChI=1S/C111H192O16P2/c1-4-7-10-13-16-19-22-25-28-31-34-37-40-43-45-47-49-51-52-54-56-57-59-62-64-67-70-73-76-79-82-85-88-91-94-97-109(114)121-100-106(112)101-123-128(117,118)124-102-107(113)103-125-129(119,120)126-105-108(127-111(116)99-96-93-90-87-84-81-78-75-72-69-66-61-42-39-36-33-30-27-24-21-18-15-12-9-6-3)104-122-110(115)98-95-92-89-86-83-80-77-74-71-68-65-63-60-58-55-53-50-48-46-44-41-38-35-32-29-26-23-20-17-14-11-8-5-2/h8,11,16-21,25-30,34-39,43-46,50,53,61,66,106-108,112-113H,4-7,9-10,12-15,22-24,31-33,40-42,47-49,51-52,54-60,62-65,67-105H2,1-3H3,(H,117,118)(H,119,120)/b11-8-,19-16-,20-17-,21-18-,28-25-,29-26-,30-27-,37-34-,38-35-,39-36-,45-43-,46-44-,53-50-,66-61-. The lowest BCUT2D eigenvalue weighted by Gasteiger charge is -2.21. The van der Waals surface area contributed by atoms with Gasteiger partial charge in [0, 0.05) is 19.3 Å². The van der Waals surface area contributed by atoms with E-state index in [4.69, 9.17) is 32.3 Å². The smallest absolute Gasteiger partial charge is 0.463 e. The first-order valence-electron chi connectivity index (χ1n) is 52.4. The zero-order valence-electron chi connectivity index (χ0n) is 82.3. The third-order valence-corrected chi connectivity index (χ3v) is 24.3. The fourth-order valence-electron chi connectivity index (χ4n) is 14.5. The van der Waals surface area contributed by atoms with Crippen LogP contribution in [0.4, 0.5) is 0 Å². The molecule has 0 aromatic carbocycles. The predicted octanol–water partition coefficient (Wildman–Crippen LogP) is 33.3. The fraction of sp³-hybridized carbons (Fsp3) is 0.721. The van der Waals surface area contributed by atoms with Crippen molar-refractivity contribution in [2.45, 2.75) is 476 Å². The Morgan fingerprint density at radius 1 is 0.225 bits per heavy atom. The van der Waals surface area contributed by atoms with Crippen LogP contribution in [0.1, 0.15) is 457 Å². The molecule has 0 aliphatic carbocycles. The summed E-state index contributed by atoms with van der Waals surface area (Å²) < 4.78 is 61.7. The molecule has 0 fully saturated rings. The highest BCUT2D eigenvalue weighted by molar-refractivity contribution is 7.47. The van der Waals surface area contributed by atoms with Gasteiger partial charge in [0.25, 0.3) is 0 Å². The molecule has 129 heavy (non-hydrogen) atoms. The van der Waals surface area contributed by atoms with Crippen LogP contribution in [0, 0.1) is 0 Å². The van der Waals surface area contributed by atoms with Crippen molar-refractivity contribution < 1.29 is 75.8 Å². The SMILES string of the molecule is CC/C=C\C/C=C\C/C=C\C/C=C\C/C=C\C/C=C\CCCCCCCCCCCCCCCCC(=O)OCC(COP(=O)(O)OCC(O)COP(=O)(O)OCC(O)COC(=O)CCCCCCCCCCCCCCCCCCCCC/C=C\C/C=C\C/C=C\C/C=C\CCCCC)OC(=O)CCCCCCCCCCC/C=C\C/C=C\C/C=C\C/C=C\CCCCC. The zero-order chi connectivity index (χ0) is 93.5. The van der Waals surface area contributed by atoms with Crippen LogP contribution in [0.15, 0.2) is 170 Å². The third kappa shape index (κ3) is 103. The van der Waals surface area contributed by atoms with Crippen molar-refractivity contribution >= 4 is 33.6 Å². The first kappa shape index (κ1) is 124. The van der Waals surface area contributed by atoms with E-state index >= 15 is 0 Å². The van der Waals surface area contributed by atoms with Crippen LogP contribution < -0.4 is 0 Å². The number of esters is 3. The van der Waals surface area contributed by atoms with Crippen LogP contribution in [0.5, 0.6) is 0 Å². The van der Waals surface area contributed by atoms with E-state index < -0.39 is 91.5 Å². The molecule has 742 valence electrons. The number of phosphoric acid groups is 2. The lowest BCUT2D eigenvalue weighted by Crippen LogP contribution is -2.30. The number of unbranched alkanes of at least 4 members (excludes halogenated alkanes) is 48. The number of aliphatic hydroxyl groups excluding tert-OH is 2. The Morgan fingerprint density at radius 3 is 0.651 bits per heavy atom. The average Bonchev–Trinajstić information content (AvgIpc) is 0.898. The van der Waals surface area contributed by atoms with Crippen LogP contribution in [0.25, 0.3) is 0 Å². The van der Waals surface area contributed by atoms with Gasteiger partial charge in [0.15, 0.2) is 6.10 Å². The summed E-state index contributed by atoms with van der Waals surface area (Å²) in [6.07, 6.45) is 134. The van der Waals surface area contributed by atoms with Gasteiger partial charge in [-0.15, -0.1) is 0 Å². The number of allylic oxidation sites excluding steroid dienone is 28. The number of rotatable bonds is 99. The third-order valence-electron chi connectivity index (χ3n) is 22.4. The zero-order valence-corrected chi connectivity index (χ0v) is 84.1. The second kappa shape index (κ2) is 102. The Kier molecular flexibility index (Phi) is 97.8. The lowest BCUT2D eigenvalue weighted by atomic mass is 10.0. The van der Waals surface area contributed by atoms with E-state index in [0.29, 0.717) is 19.3 Å². The van der Waals surface area contributed by atoms with Crippen molar-refractivity contribution in [3.8, 4) is 0 Å². The molecule has 18 heteroatoms. The van der Waals surface area contributed by atoms with Crippen LogP contribution in [0.3, 0.4) is 0 Å². The summed E-state index contributed by atoms with van der Waals surface area (Å²) in [5.74, 6) is -1.56. The van der Waals surface area contributed by atoms with E-state index in [-0.39, 0.29) is 19.3 Å². The van der Waals surface area contributed by atoms with Gasteiger partial charge in [-0.05, 0) is 161 Å². The number of hydrogen-bond donors (Lipinski definition) is 4. The van der Waals surface area contributed by atoms with Crippen molar-refractivity contribution in [2.75, 3.05) is 39.6 Å². The summed E-state index contributed by atoms with van der Waals surface area (Å²) >= 11 is 0. The van der Waals surface area contributed by atoms with Crippen LogP contribution in [-0.4, -0.2) is 95.9 Å². The number of aliphatic hydroxyl groups is 2. The topological polar surface area (TPSA) is 231 Å². The first-order chi connectivity index (χ1) is 63.2. The van der Waals surface area contributed by atoms with Gasteiger partial charge in [-0.25, -0.2) is 9.13 Å². The van der Waals surface area contributed by atoms with E-state index in [1.165, 1.54) is 238 Å². The van der Waals surface area contributed by atoms with E-state index in [2.05, 4.69) is 191 Å². The normalized spacial score (nSPS) is 14.3. The minimum absolute atomic E-state index is 0.0947. The number of hydrogen-bond acceptors (Lipinski definition) is 14. The summed E-state index contributed by atoms with van der Waals surface area (Å²) in [4.78, 5) is 59.2. The van der Waals surface area contributed by atoms with Crippen molar-refractivity contribution in [3.05, 3.63) is 170 Å². The number of ether oxygens (including phenoxy) is 3. The fourth-order valence-corrected chi connectivity index (χ4v) is 16.1. The molecule has 0 radical (unpaired) electrons. The molecular formula is C111H192O16P2. The quantitative estimate of drug-likeness (QED) is 0.0146. The highest BCUT2D eigenvalue weighted by Gasteiger charge is 2.30. The molecule has 0 heterocycles. The predicted molar refractivity (Wildman–Crippen MR) is 546 cm³/mol. The summed E-state index contributed by atoms with van der Waals surface area (Å²) in [5.41, 5.74) is 0. The molecule has 0 bridgehead atoms. The average molecular weight is 1840 g/mol. The highest BCUT2D eigenvalue weighted by atomic mass is 31.2. The molecule has 16 nitrogen and oxygen atoms in total. The van der Waals surface area contributed by atoms with Gasteiger partial charge in [-0.2, -0.15) is 0 Å². The number of phosphoric ester groups is 2. The Bertz CT molecular complexity index is 3030. The molecule has 4 N–H and O–H groups in total. The first-order valence-corrected chi connectivity index (χ1v) is 55.4. The summed E-state index contributed by atoms with van der Waals surface area (Å²) in [6, 6.07) is 0. The van der Waals surface area contributed by atoms with Gasteiger partial charge in [-0.3, -0.25) is 32.5 Å².